The second-order valence-corrected chi connectivity index (χ2v) is 4.80. The highest BCUT2D eigenvalue weighted by molar-refractivity contribution is 5.93. The average molecular weight is 288 g/mol. The number of carboxylic acid groups (broad SMARTS) is 1. The smallest absolute Gasteiger partial charge is 0.433 e. The van der Waals surface area contributed by atoms with Crippen LogP contribution in [-0.2, 0) is 6.18 Å². The van der Waals surface area contributed by atoms with Crippen molar-refractivity contribution in [2.45, 2.75) is 38.4 Å². The molecule has 0 spiro atoms. The molecule has 0 aliphatic heterocycles. The van der Waals surface area contributed by atoms with Crippen molar-refractivity contribution in [2.75, 3.05) is 11.4 Å². The Labute approximate surface area is 114 Å². The maximum Gasteiger partial charge on any atom is 0.433 e. The van der Waals surface area contributed by atoms with Crippen LogP contribution in [0.15, 0.2) is 12.1 Å². The van der Waals surface area contributed by atoms with Crippen LogP contribution >= 0.6 is 0 Å². The maximum absolute atomic E-state index is 12.7. The average Bonchev–Trinajstić information content (AvgIpc) is 3.18. The Morgan fingerprint density at radius 2 is 2.10 bits per heavy atom. The van der Waals surface area contributed by atoms with Gasteiger partial charge in [-0.3, -0.25) is 0 Å². The topological polar surface area (TPSA) is 53.4 Å². The van der Waals surface area contributed by atoms with Crippen molar-refractivity contribution < 1.29 is 23.1 Å². The van der Waals surface area contributed by atoms with Gasteiger partial charge < -0.3 is 10.0 Å². The fourth-order valence-electron chi connectivity index (χ4n) is 2.08. The highest BCUT2D eigenvalue weighted by Crippen LogP contribution is 2.35. The first-order valence-corrected chi connectivity index (χ1v) is 6.42. The molecule has 0 atom stereocenters. The molecular formula is C13H15F3N2O2. The lowest BCUT2D eigenvalue weighted by molar-refractivity contribution is -0.141. The molecule has 0 saturated heterocycles. The summed E-state index contributed by atoms with van der Waals surface area (Å²) in [5, 5.41) is 9.13. The van der Waals surface area contributed by atoms with Crippen molar-refractivity contribution in [3.63, 3.8) is 0 Å². The van der Waals surface area contributed by atoms with Crippen molar-refractivity contribution in [3.05, 3.63) is 23.4 Å². The Morgan fingerprint density at radius 3 is 2.55 bits per heavy atom. The molecule has 1 aromatic heterocycles. The van der Waals surface area contributed by atoms with E-state index in [-0.39, 0.29) is 17.4 Å². The number of hydrogen-bond donors (Lipinski definition) is 1. The maximum atomic E-state index is 12.7. The van der Waals surface area contributed by atoms with Crippen LogP contribution in [0.1, 0.15) is 42.2 Å². The number of carboxylic acids is 1. The van der Waals surface area contributed by atoms with Gasteiger partial charge in [0, 0.05) is 12.6 Å². The van der Waals surface area contributed by atoms with Gasteiger partial charge in [-0.25, -0.2) is 9.78 Å². The molecule has 1 saturated carbocycles. The van der Waals surface area contributed by atoms with Crippen molar-refractivity contribution in [1.29, 1.82) is 0 Å². The van der Waals surface area contributed by atoms with E-state index in [1.165, 1.54) is 0 Å². The minimum Gasteiger partial charge on any atom is -0.478 e. The van der Waals surface area contributed by atoms with Gasteiger partial charge in [0.1, 0.15) is 17.1 Å². The zero-order valence-corrected chi connectivity index (χ0v) is 10.9. The highest BCUT2D eigenvalue weighted by atomic mass is 19.4. The van der Waals surface area contributed by atoms with E-state index in [0.717, 1.165) is 18.9 Å². The van der Waals surface area contributed by atoms with Crippen LogP contribution in [0.5, 0.6) is 0 Å². The zero-order chi connectivity index (χ0) is 14.9. The molecule has 1 heterocycles. The van der Waals surface area contributed by atoms with E-state index in [9.17, 15) is 18.0 Å². The molecule has 0 unspecified atom stereocenters. The Kier molecular flexibility index (Phi) is 3.87. The van der Waals surface area contributed by atoms with Crippen LogP contribution in [0, 0.1) is 0 Å². The minimum atomic E-state index is -4.58. The molecule has 20 heavy (non-hydrogen) atoms. The third-order valence-corrected chi connectivity index (χ3v) is 3.12. The number of aromatic carboxylic acids is 1. The summed E-state index contributed by atoms with van der Waals surface area (Å²) >= 11 is 0. The third kappa shape index (κ3) is 3.02. The summed E-state index contributed by atoms with van der Waals surface area (Å²) in [6, 6.07) is 1.80. The molecule has 0 aromatic carbocycles. The van der Waals surface area contributed by atoms with E-state index >= 15 is 0 Å². The summed E-state index contributed by atoms with van der Waals surface area (Å²) in [6.07, 6.45) is -2.14. The molecule has 0 bridgehead atoms. The Hall–Kier alpha value is -1.79. The second kappa shape index (κ2) is 5.30. The summed E-state index contributed by atoms with van der Waals surface area (Å²) in [4.78, 5) is 16.4. The van der Waals surface area contributed by atoms with Gasteiger partial charge in [0.2, 0.25) is 0 Å². The largest absolute Gasteiger partial charge is 0.478 e. The van der Waals surface area contributed by atoms with Crippen LogP contribution in [0.25, 0.3) is 0 Å². The van der Waals surface area contributed by atoms with Gasteiger partial charge in [0.05, 0.1) is 0 Å². The molecule has 1 aliphatic rings. The minimum absolute atomic E-state index is 0.0725. The molecule has 2 rings (SSSR count). The van der Waals surface area contributed by atoms with Gasteiger partial charge in [0.25, 0.3) is 0 Å². The molecular weight excluding hydrogens is 273 g/mol. The molecule has 1 aromatic rings. The molecule has 1 N–H and O–H groups in total. The van der Waals surface area contributed by atoms with E-state index in [0.29, 0.717) is 19.0 Å². The van der Waals surface area contributed by atoms with Gasteiger partial charge in [0.15, 0.2) is 0 Å². The fraction of sp³-hybridized carbons (Fsp3) is 0.538. The van der Waals surface area contributed by atoms with Gasteiger partial charge in [-0.15, -0.1) is 0 Å². The van der Waals surface area contributed by atoms with Gasteiger partial charge >= 0.3 is 12.1 Å². The van der Waals surface area contributed by atoms with Crippen LogP contribution in [0.3, 0.4) is 0 Å². The van der Waals surface area contributed by atoms with E-state index in [2.05, 4.69) is 4.98 Å². The van der Waals surface area contributed by atoms with Crippen LogP contribution < -0.4 is 4.90 Å². The summed E-state index contributed by atoms with van der Waals surface area (Å²) in [5.41, 5.74) is -1.24. The molecule has 1 aliphatic carbocycles. The van der Waals surface area contributed by atoms with Gasteiger partial charge in [-0.1, -0.05) is 6.92 Å². The third-order valence-electron chi connectivity index (χ3n) is 3.12. The number of pyridine rings is 1. The molecule has 110 valence electrons. The van der Waals surface area contributed by atoms with Crippen LogP contribution in [0.2, 0.25) is 0 Å². The Morgan fingerprint density at radius 1 is 1.45 bits per heavy atom. The van der Waals surface area contributed by atoms with Crippen LogP contribution in [0.4, 0.5) is 19.0 Å². The lowest BCUT2D eigenvalue weighted by Gasteiger charge is -2.25. The Bertz CT molecular complexity index is 513. The van der Waals surface area contributed by atoms with Gasteiger partial charge in [-0.05, 0) is 31.4 Å². The molecule has 4 nitrogen and oxygen atoms in total. The number of aromatic nitrogens is 1. The van der Waals surface area contributed by atoms with E-state index in [1.807, 2.05) is 6.92 Å². The number of anilines is 1. The predicted molar refractivity (Wildman–Crippen MR) is 66.9 cm³/mol. The summed E-state index contributed by atoms with van der Waals surface area (Å²) in [6.45, 7) is 2.39. The fourth-order valence-corrected chi connectivity index (χ4v) is 2.08. The second-order valence-electron chi connectivity index (χ2n) is 4.80. The summed E-state index contributed by atoms with van der Waals surface area (Å²) in [5.74, 6) is -1.33. The van der Waals surface area contributed by atoms with Crippen LogP contribution in [-0.4, -0.2) is 28.6 Å². The molecule has 1 fully saturated rings. The normalized spacial score (nSPS) is 15.2. The number of alkyl halides is 3. The van der Waals surface area contributed by atoms with Crippen molar-refractivity contribution in [1.82, 2.24) is 4.98 Å². The van der Waals surface area contributed by atoms with Crippen molar-refractivity contribution >= 4 is 11.8 Å². The first-order chi connectivity index (χ1) is 9.34. The highest BCUT2D eigenvalue weighted by Gasteiger charge is 2.36. The predicted octanol–water partition coefficient (Wildman–Crippen LogP) is 3.18. The van der Waals surface area contributed by atoms with Gasteiger partial charge in [-0.2, -0.15) is 13.2 Å². The van der Waals surface area contributed by atoms with E-state index in [4.69, 9.17) is 5.11 Å². The number of nitrogens with zero attached hydrogens (tertiary/aromatic N) is 2. The SMILES string of the molecule is CCCN(c1nc(C(F)(F)F)ccc1C(=O)O)C1CC1. The monoisotopic (exact) mass is 288 g/mol. The lowest BCUT2D eigenvalue weighted by atomic mass is 10.2. The quantitative estimate of drug-likeness (QED) is 0.904. The first kappa shape index (κ1) is 14.6. The number of rotatable bonds is 5. The lowest BCUT2D eigenvalue weighted by Crippen LogP contribution is -2.30. The van der Waals surface area contributed by atoms with Crippen molar-refractivity contribution in [2.24, 2.45) is 0 Å². The Balaban J connectivity index is 2.48. The standard InChI is InChI=1S/C13H15F3N2O2/c1-2-7-18(8-3-4-8)11-9(12(19)20)5-6-10(17-11)13(14,15)16/h5-6,8H,2-4,7H2,1H3,(H,19,20). The summed E-state index contributed by atoms with van der Waals surface area (Å²) in [7, 11) is 0. The number of carbonyl (C=O) groups is 1. The van der Waals surface area contributed by atoms with Crippen molar-refractivity contribution in [3.8, 4) is 0 Å². The summed E-state index contributed by atoms with van der Waals surface area (Å²) < 4.78 is 38.2. The molecule has 7 heteroatoms. The van der Waals surface area contributed by atoms with E-state index in [1.54, 1.807) is 4.90 Å². The number of halogens is 3. The zero-order valence-electron chi connectivity index (χ0n) is 10.9. The first-order valence-electron chi connectivity index (χ1n) is 6.42. The number of hydrogen-bond acceptors (Lipinski definition) is 3. The molecule has 0 radical (unpaired) electrons. The van der Waals surface area contributed by atoms with E-state index < -0.39 is 17.8 Å². The molecule has 0 amide bonds.